The van der Waals surface area contributed by atoms with Crippen LogP contribution in [0.4, 0.5) is 29.0 Å². The van der Waals surface area contributed by atoms with Crippen LogP contribution in [0.2, 0.25) is 0 Å². The van der Waals surface area contributed by atoms with Gasteiger partial charge in [0.2, 0.25) is 17.8 Å². The van der Waals surface area contributed by atoms with Crippen LogP contribution >= 0.6 is 0 Å². The lowest BCUT2D eigenvalue weighted by Crippen LogP contribution is -2.47. The van der Waals surface area contributed by atoms with Crippen LogP contribution in [0, 0.1) is 11.3 Å². The minimum atomic E-state index is -0.129. The summed E-state index contributed by atoms with van der Waals surface area (Å²) in [5.74, 6) is 0.905. The molecule has 1 amide bonds. The predicted octanol–water partition coefficient (Wildman–Crippen LogP) is 2.77. The highest BCUT2D eigenvalue weighted by molar-refractivity contribution is 5.89. The van der Waals surface area contributed by atoms with Gasteiger partial charge >= 0.3 is 0 Å². The number of carbonyl (C=O) groups is 1. The normalized spacial score (nSPS) is 13.4. The maximum absolute atomic E-state index is 11.3. The third kappa shape index (κ3) is 4.87. The number of aromatic nitrogens is 3. The smallest absolute Gasteiger partial charge is 0.231 e. The van der Waals surface area contributed by atoms with E-state index in [9.17, 15) is 10.1 Å². The van der Waals surface area contributed by atoms with Crippen LogP contribution < -0.4 is 20.4 Å². The first-order valence-electron chi connectivity index (χ1n) is 9.95. The summed E-state index contributed by atoms with van der Waals surface area (Å²) in [7, 11) is 0. The highest BCUT2D eigenvalue weighted by atomic mass is 16.1. The second-order valence-corrected chi connectivity index (χ2v) is 7.10. The Morgan fingerprint density at radius 3 is 2.52 bits per heavy atom. The zero-order valence-electron chi connectivity index (χ0n) is 17.1. The van der Waals surface area contributed by atoms with Crippen molar-refractivity contribution in [2.24, 2.45) is 0 Å². The number of amides is 1. The Hall–Kier alpha value is -4.19. The molecule has 9 heteroatoms. The molecule has 4 rings (SSSR count). The monoisotopic (exact) mass is 414 g/mol. The Bertz CT molecular complexity index is 1120. The van der Waals surface area contributed by atoms with Crippen LogP contribution in [-0.4, -0.2) is 47.0 Å². The molecule has 0 spiro atoms. The van der Waals surface area contributed by atoms with E-state index < -0.39 is 0 Å². The van der Waals surface area contributed by atoms with Crippen LogP contribution in [0.5, 0.6) is 0 Å². The van der Waals surface area contributed by atoms with Gasteiger partial charge in [-0.15, -0.1) is 0 Å². The fraction of sp³-hybridized carbons (Fsp3) is 0.227. The molecule has 156 valence electrons. The molecule has 2 N–H and O–H groups in total. The Kier molecular flexibility index (Phi) is 5.89. The standard InChI is InChI=1S/C22H22N8O/c1-16(31)26-18-6-4-7-19(13-18)27-21-24-15-25-22(28-21)30-11-9-29(10-12-30)20-8-3-2-5-17(20)14-23/h2-8,13,15H,9-12H2,1H3,(H,26,31)(H,24,25,27,28). The molecule has 9 nitrogen and oxygen atoms in total. The topological polar surface area (TPSA) is 110 Å². The molecule has 1 aromatic heterocycles. The van der Waals surface area contributed by atoms with Crippen molar-refractivity contribution in [2.75, 3.05) is 46.6 Å². The molecule has 0 unspecified atom stereocenters. The Balaban J connectivity index is 1.43. The number of nitriles is 1. The van der Waals surface area contributed by atoms with Crippen LogP contribution in [0.15, 0.2) is 54.9 Å². The summed E-state index contributed by atoms with van der Waals surface area (Å²) in [4.78, 5) is 28.7. The second kappa shape index (κ2) is 9.09. The molecule has 1 saturated heterocycles. The van der Waals surface area contributed by atoms with Gasteiger partial charge in [0.1, 0.15) is 12.4 Å². The quantitative estimate of drug-likeness (QED) is 0.656. The van der Waals surface area contributed by atoms with Crippen molar-refractivity contribution in [3.63, 3.8) is 0 Å². The SMILES string of the molecule is CC(=O)Nc1cccc(Nc2ncnc(N3CCN(c4ccccc4C#N)CC3)n2)c1. The molecule has 31 heavy (non-hydrogen) atoms. The lowest BCUT2D eigenvalue weighted by atomic mass is 10.1. The summed E-state index contributed by atoms with van der Waals surface area (Å²) in [6.07, 6.45) is 1.49. The number of nitrogens with zero attached hydrogens (tertiary/aromatic N) is 6. The molecule has 1 aliphatic rings. The Labute approximate surface area is 180 Å². The molecule has 2 aromatic carbocycles. The van der Waals surface area contributed by atoms with Crippen molar-refractivity contribution in [1.82, 2.24) is 15.0 Å². The minimum absolute atomic E-state index is 0.129. The van der Waals surface area contributed by atoms with Gasteiger partial charge in [-0.25, -0.2) is 9.97 Å². The van der Waals surface area contributed by atoms with Crippen LogP contribution in [0.3, 0.4) is 0 Å². The first kappa shape index (κ1) is 20.1. The van der Waals surface area contributed by atoms with Crippen molar-refractivity contribution in [2.45, 2.75) is 6.92 Å². The second-order valence-electron chi connectivity index (χ2n) is 7.10. The summed E-state index contributed by atoms with van der Waals surface area (Å²) >= 11 is 0. The number of nitrogens with one attached hydrogen (secondary N) is 2. The van der Waals surface area contributed by atoms with Gasteiger partial charge in [0.05, 0.1) is 11.3 Å². The van der Waals surface area contributed by atoms with Gasteiger partial charge in [0.25, 0.3) is 0 Å². The van der Waals surface area contributed by atoms with Crippen LogP contribution in [0.1, 0.15) is 12.5 Å². The Morgan fingerprint density at radius 1 is 1.00 bits per heavy atom. The first-order chi connectivity index (χ1) is 15.1. The molecule has 2 heterocycles. The van der Waals surface area contributed by atoms with Crippen molar-refractivity contribution in [3.05, 3.63) is 60.4 Å². The van der Waals surface area contributed by atoms with E-state index in [1.165, 1.54) is 13.3 Å². The fourth-order valence-electron chi connectivity index (χ4n) is 3.50. The van der Waals surface area contributed by atoms with E-state index in [2.05, 4.69) is 41.5 Å². The number of anilines is 5. The number of benzene rings is 2. The lowest BCUT2D eigenvalue weighted by molar-refractivity contribution is -0.114. The largest absolute Gasteiger partial charge is 0.367 e. The van der Waals surface area contributed by atoms with Gasteiger partial charge in [-0.2, -0.15) is 10.2 Å². The molecule has 1 aliphatic heterocycles. The van der Waals surface area contributed by atoms with E-state index in [-0.39, 0.29) is 5.91 Å². The molecule has 1 fully saturated rings. The van der Waals surface area contributed by atoms with Gasteiger partial charge in [-0.05, 0) is 30.3 Å². The van der Waals surface area contributed by atoms with E-state index in [1.807, 2.05) is 48.5 Å². The highest BCUT2D eigenvalue weighted by Crippen LogP contribution is 2.23. The van der Waals surface area contributed by atoms with E-state index in [4.69, 9.17) is 0 Å². The lowest BCUT2D eigenvalue weighted by Gasteiger charge is -2.36. The number of para-hydroxylation sites is 1. The Morgan fingerprint density at radius 2 is 1.74 bits per heavy atom. The summed E-state index contributed by atoms with van der Waals surface area (Å²) in [6.45, 7) is 4.48. The molecule has 0 atom stereocenters. The van der Waals surface area contributed by atoms with Crippen molar-refractivity contribution < 1.29 is 4.79 Å². The van der Waals surface area contributed by atoms with Gasteiger partial charge in [-0.1, -0.05) is 18.2 Å². The summed E-state index contributed by atoms with van der Waals surface area (Å²) in [6, 6.07) is 17.3. The van der Waals surface area contributed by atoms with Crippen molar-refractivity contribution >= 4 is 34.9 Å². The molecule has 3 aromatic rings. The minimum Gasteiger partial charge on any atom is -0.367 e. The fourth-order valence-corrected chi connectivity index (χ4v) is 3.50. The first-order valence-corrected chi connectivity index (χ1v) is 9.95. The van der Waals surface area contributed by atoms with Gasteiger partial charge in [0, 0.05) is 44.5 Å². The van der Waals surface area contributed by atoms with Gasteiger partial charge < -0.3 is 20.4 Å². The van der Waals surface area contributed by atoms with Crippen molar-refractivity contribution in [1.29, 1.82) is 5.26 Å². The van der Waals surface area contributed by atoms with Crippen LogP contribution in [0.25, 0.3) is 0 Å². The molecule has 0 saturated carbocycles. The van der Waals surface area contributed by atoms with E-state index in [0.29, 0.717) is 23.1 Å². The van der Waals surface area contributed by atoms with Crippen LogP contribution in [-0.2, 0) is 4.79 Å². The average Bonchev–Trinajstić information content (AvgIpc) is 2.79. The molecule has 0 radical (unpaired) electrons. The molecular weight excluding hydrogens is 392 g/mol. The highest BCUT2D eigenvalue weighted by Gasteiger charge is 2.21. The average molecular weight is 414 g/mol. The number of hydrogen-bond donors (Lipinski definition) is 2. The van der Waals surface area contributed by atoms with Crippen molar-refractivity contribution in [3.8, 4) is 6.07 Å². The molecule has 0 bridgehead atoms. The summed E-state index contributed by atoms with van der Waals surface area (Å²) in [5, 5.41) is 15.3. The number of hydrogen-bond acceptors (Lipinski definition) is 8. The van der Waals surface area contributed by atoms with Gasteiger partial charge in [0.15, 0.2) is 0 Å². The molecule has 0 aliphatic carbocycles. The maximum Gasteiger partial charge on any atom is 0.231 e. The zero-order chi connectivity index (χ0) is 21.6. The maximum atomic E-state index is 11.3. The molecular formula is C22H22N8O. The number of carbonyl (C=O) groups excluding carboxylic acids is 1. The van der Waals surface area contributed by atoms with E-state index in [0.717, 1.165) is 37.6 Å². The number of piperazine rings is 1. The third-order valence-electron chi connectivity index (χ3n) is 4.93. The zero-order valence-corrected chi connectivity index (χ0v) is 17.1. The summed E-state index contributed by atoms with van der Waals surface area (Å²) in [5.41, 5.74) is 3.10. The predicted molar refractivity (Wildman–Crippen MR) is 119 cm³/mol. The van der Waals surface area contributed by atoms with Gasteiger partial charge in [-0.3, -0.25) is 4.79 Å². The number of rotatable bonds is 5. The third-order valence-corrected chi connectivity index (χ3v) is 4.93. The van der Waals surface area contributed by atoms with E-state index >= 15 is 0 Å². The van der Waals surface area contributed by atoms with E-state index in [1.54, 1.807) is 0 Å². The summed E-state index contributed by atoms with van der Waals surface area (Å²) < 4.78 is 0.